The summed E-state index contributed by atoms with van der Waals surface area (Å²) in [6, 6.07) is 14.2. The molecule has 3 heterocycles. The SMILES string of the molecule is COC(=O)c1c(N2C(=O)C3ON(c4ccccc4)C(c4ccc([N+](=O)[O-])cc4)C3C2=O)sc2c1CCCC2. The van der Waals surface area contributed by atoms with Crippen molar-refractivity contribution in [1.29, 1.82) is 0 Å². The summed E-state index contributed by atoms with van der Waals surface area (Å²) in [7, 11) is 1.28. The lowest BCUT2D eigenvalue weighted by atomic mass is 9.90. The number of para-hydroxylation sites is 1. The second-order valence-electron chi connectivity index (χ2n) is 9.40. The third kappa shape index (κ3) is 3.69. The Morgan fingerprint density at radius 2 is 1.76 bits per heavy atom. The average molecular weight is 534 g/mol. The molecule has 10 nitrogen and oxygen atoms in total. The summed E-state index contributed by atoms with van der Waals surface area (Å²) in [4.78, 5) is 59.6. The second-order valence-corrected chi connectivity index (χ2v) is 10.5. The maximum atomic E-state index is 14.1. The van der Waals surface area contributed by atoms with Crippen LogP contribution in [0.4, 0.5) is 16.4 Å². The number of ether oxygens (including phenoxy) is 1. The van der Waals surface area contributed by atoms with Gasteiger partial charge in [0.15, 0.2) is 6.10 Å². The standard InChI is InChI=1S/C27H23N3O7S/c1-36-27(33)20-18-9-5-6-10-19(18)38-26(20)28-24(31)21-22(15-11-13-17(14-12-15)30(34)35)29(37-23(21)25(28)32)16-7-3-2-4-8-16/h2-4,7-8,11-14,21-23H,5-6,9-10H2,1H3. The van der Waals surface area contributed by atoms with Gasteiger partial charge in [-0.3, -0.25) is 24.5 Å². The van der Waals surface area contributed by atoms with E-state index in [-0.39, 0.29) is 16.3 Å². The molecule has 194 valence electrons. The number of esters is 1. The van der Waals surface area contributed by atoms with Crippen molar-refractivity contribution in [3.05, 3.63) is 86.3 Å². The van der Waals surface area contributed by atoms with E-state index in [9.17, 15) is 24.5 Å². The molecule has 3 atom stereocenters. The van der Waals surface area contributed by atoms with E-state index >= 15 is 0 Å². The number of thiophene rings is 1. The lowest BCUT2D eigenvalue weighted by molar-refractivity contribution is -0.384. The molecule has 2 amide bonds. The number of benzene rings is 2. The number of amides is 2. The molecule has 0 spiro atoms. The van der Waals surface area contributed by atoms with Gasteiger partial charge in [-0.2, -0.15) is 0 Å². The van der Waals surface area contributed by atoms with E-state index in [1.165, 1.54) is 35.6 Å². The Labute approximate surface area is 221 Å². The van der Waals surface area contributed by atoms with Gasteiger partial charge in [-0.15, -0.1) is 11.3 Å². The van der Waals surface area contributed by atoms with Crippen molar-refractivity contribution < 1.29 is 28.9 Å². The summed E-state index contributed by atoms with van der Waals surface area (Å²) >= 11 is 1.29. The zero-order valence-corrected chi connectivity index (χ0v) is 21.2. The summed E-state index contributed by atoms with van der Waals surface area (Å²) in [6.45, 7) is 0. The molecule has 1 aliphatic carbocycles. The number of anilines is 2. The van der Waals surface area contributed by atoms with E-state index in [0.717, 1.165) is 34.6 Å². The molecule has 2 aliphatic heterocycles. The quantitative estimate of drug-likeness (QED) is 0.205. The highest BCUT2D eigenvalue weighted by Crippen LogP contribution is 2.50. The van der Waals surface area contributed by atoms with Crippen molar-refractivity contribution in [1.82, 2.24) is 0 Å². The van der Waals surface area contributed by atoms with E-state index in [4.69, 9.17) is 9.57 Å². The molecule has 1 aromatic heterocycles. The first-order valence-corrected chi connectivity index (χ1v) is 13.1. The minimum Gasteiger partial charge on any atom is -0.465 e. The molecule has 3 aliphatic rings. The van der Waals surface area contributed by atoms with Gasteiger partial charge >= 0.3 is 5.97 Å². The smallest absolute Gasteiger partial charge is 0.341 e. The van der Waals surface area contributed by atoms with Crippen molar-refractivity contribution >= 4 is 45.5 Å². The molecule has 3 aromatic rings. The Bertz CT molecular complexity index is 1450. The van der Waals surface area contributed by atoms with Gasteiger partial charge in [0.25, 0.3) is 11.6 Å². The lowest BCUT2D eigenvalue weighted by Crippen LogP contribution is -2.37. The molecule has 0 saturated carbocycles. The molecular formula is C27H23N3O7S. The molecule has 0 bridgehead atoms. The molecular weight excluding hydrogens is 510 g/mol. The lowest BCUT2D eigenvalue weighted by Gasteiger charge is -2.28. The van der Waals surface area contributed by atoms with Crippen LogP contribution in [0.1, 0.15) is 45.2 Å². The van der Waals surface area contributed by atoms with Gasteiger partial charge < -0.3 is 4.74 Å². The number of methoxy groups -OCH3 is 1. The van der Waals surface area contributed by atoms with Gasteiger partial charge in [0.1, 0.15) is 10.9 Å². The summed E-state index contributed by atoms with van der Waals surface area (Å²) < 4.78 is 5.05. The van der Waals surface area contributed by atoms with Crippen molar-refractivity contribution in [3.8, 4) is 0 Å². The highest BCUT2D eigenvalue weighted by Gasteiger charge is 2.61. The van der Waals surface area contributed by atoms with Crippen molar-refractivity contribution in [2.24, 2.45) is 5.92 Å². The Balaban J connectivity index is 1.44. The molecule has 2 fully saturated rings. The van der Waals surface area contributed by atoms with Gasteiger partial charge in [0.2, 0.25) is 5.91 Å². The number of hydroxylamine groups is 1. The molecule has 6 rings (SSSR count). The molecule has 2 aromatic carbocycles. The van der Waals surface area contributed by atoms with Crippen LogP contribution >= 0.6 is 11.3 Å². The third-order valence-corrected chi connectivity index (χ3v) is 8.59. The maximum Gasteiger partial charge on any atom is 0.341 e. The van der Waals surface area contributed by atoms with E-state index in [2.05, 4.69) is 0 Å². The number of carbonyl (C=O) groups excluding carboxylic acids is 3. The minimum absolute atomic E-state index is 0.0854. The number of non-ortho nitro benzene ring substituents is 1. The average Bonchev–Trinajstić information content (AvgIpc) is 3.59. The summed E-state index contributed by atoms with van der Waals surface area (Å²) in [6.07, 6.45) is 2.22. The van der Waals surface area contributed by atoms with E-state index in [1.807, 2.05) is 18.2 Å². The van der Waals surface area contributed by atoms with Gasteiger partial charge in [-0.1, -0.05) is 30.3 Å². The molecule has 2 saturated heterocycles. The molecule has 38 heavy (non-hydrogen) atoms. The zero-order chi connectivity index (χ0) is 26.6. The number of carbonyl (C=O) groups is 3. The van der Waals surface area contributed by atoms with E-state index in [0.29, 0.717) is 17.7 Å². The predicted molar refractivity (Wildman–Crippen MR) is 138 cm³/mol. The first kappa shape index (κ1) is 24.3. The van der Waals surface area contributed by atoms with Gasteiger partial charge in [0.05, 0.1) is 29.3 Å². The van der Waals surface area contributed by atoms with Crippen LogP contribution in [0.25, 0.3) is 0 Å². The number of fused-ring (bicyclic) bond motifs is 2. The molecule has 11 heteroatoms. The normalized spacial score (nSPS) is 22.4. The van der Waals surface area contributed by atoms with Crippen LogP contribution in [0.3, 0.4) is 0 Å². The monoisotopic (exact) mass is 533 g/mol. The fourth-order valence-electron chi connectivity index (χ4n) is 5.57. The zero-order valence-electron chi connectivity index (χ0n) is 20.4. The predicted octanol–water partition coefficient (Wildman–Crippen LogP) is 4.37. The largest absolute Gasteiger partial charge is 0.465 e. The van der Waals surface area contributed by atoms with Crippen molar-refractivity contribution in [3.63, 3.8) is 0 Å². The van der Waals surface area contributed by atoms with Crippen LogP contribution in [0, 0.1) is 16.0 Å². The second kappa shape index (κ2) is 9.34. The Hall–Kier alpha value is -4.09. The topological polar surface area (TPSA) is 119 Å². The van der Waals surface area contributed by atoms with E-state index in [1.54, 1.807) is 24.3 Å². The fourth-order valence-corrected chi connectivity index (χ4v) is 6.95. The number of rotatable bonds is 5. The Kier molecular flexibility index (Phi) is 5.96. The number of aryl methyl sites for hydroxylation is 1. The minimum atomic E-state index is -1.12. The van der Waals surface area contributed by atoms with Gasteiger partial charge in [-0.05, 0) is 48.9 Å². The number of hydrogen-bond donors (Lipinski definition) is 0. The Morgan fingerprint density at radius 3 is 2.45 bits per heavy atom. The molecule has 0 N–H and O–H groups in total. The van der Waals surface area contributed by atoms with Crippen molar-refractivity contribution in [2.75, 3.05) is 17.1 Å². The number of nitro groups is 1. The fraction of sp³-hybridized carbons (Fsp3) is 0.296. The summed E-state index contributed by atoms with van der Waals surface area (Å²) in [5.74, 6) is -2.52. The first-order chi connectivity index (χ1) is 18.4. The van der Waals surface area contributed by atoms with E-state index < -0.39 is 40.8 Å². The number of imide groups is 1. The van der Waals surface area contributed by atoms with Crippen LogP contribution in [0.5, 0.6) is 0 Å². The highest BCUT2D eigenvalue weighted by molar-refractivity contribution is 7.17. The number of nitrogens with zero attached hydrogens (tertiary/aromatic N) is 3. The Morgan fingerprint density at radius 1 is 1.05 bits per heavy atom. The van der Waals surface area contributed by atoms with Crippen LogP contribution in [-0.2, 0) is 32.0 Å². The van der Waals surface area contributed by atoms with Crippen molar-refractivity contribution in [2.45, 2.75) is 37.8 Å². The molecule has 0 radical (unpaired) electrons. The van der Waals surface area contributed by atoms with Gasteiger partial charge in [-0.25, -0.2) is 14.8 Å². The summed E-state index contributed by atoms with van der Waals surface area (Å²) in [5, 5.41) is 13.0. The van der Waals surface area contributed by atoms with Crippen LogP contribution in [0.2, 0.25) is 0 Å². The molecule has 3 unspecified atom stereocenters. The third-order valence-electron chi connectivity index (χ3n) is 7.32. The number of nitro benzene ring substituents is 1. The summed E-state index contributed by atoms with van der Waals surface area (Å²) in [5.41, 5.74) is 2.27. The van der Waals surface area contributed by atoms with Gasteiger partial charge in [0, 0.05) is 17.0 Å². The van der Waals surface area contributed by atoms with Crippen LogP contribution in [0.15, 0.2) is 54.6 Å². The highest BCUT2D eigenvalue weighted by atomic mass is 32.1. The number of hydrogen-bond acceptors (Lipinski definition) is 9. The maximum absolute atomic E-state index is 14.1. The van der Waals surface area contributed by atoms with Crippen LogP contribution < -0.4 is 9.96 Å². The first-order valence-electron chi connectivity index (χ1n) is 12.3. The van der Waals surface area contributed by atoms with Crippen LogP contribution in [-0.4, -0.2) is 35.9 Å².